The van der Waals surface area contributed by atoms with E-state index in [0.717, 1.165) is 67.4 Å². The number of nitrogens with one attached hydrogen (secondary N) is 1. The number of carbonyl (C=O) groups is 1. The average Bonchev–Trinajstić information content (AvgIpc) is 3.66. The first-order chi connectivity index (χ1) is 17.6. The summed E-state index contributed by atoms with van der Waals surface area (Å²) in [6.07, 6.45) is 2.28. The Morgan fingerprint density at radius 2 is 1.92 bits per heavy atom. The Balaban J connectivity index is 1.01. The first-order valence-corrected chi connectivity index (χ1v) is 12.9. The van der Waals surface area contributed by atoms with Crippen LogP contribution in [-0.4, -0.2) is 87.5 Å². The SMILES string of the molecule is O=C(C1CCCN1C(O)CCc1nc2ccccc2[nH]1)N1CCN(Cc2ccc3c(c2)OCO3)CC1. The smallest absolute Gasteiger partial charge is 0.240 e. The Kier molecular flexibility index (Phi) is 6.52. The van der Waals surface area contributed by atoms with E-state index >= 15 is 0 Å². The molecule has 36 heavy (non-hydrogen) atoms. The molecule has 6 rings (SSSR count). The van der Waals surface area contributed by atoms with E-state index in [0.29, 0.717) is 25.9 Å². The summed E-state index contributed by atoms with van der Waals surface area (Å²) in [6.45, 7) is 4.96. The molecule has 1 aromatic heterocycles. The Hall–Kier alpha value is -3.14. The minimum atomic E-state index is -0.651. The van der Waals surface area contributed by atoms with Crippen LogP contribution in [0.1, 0.15) is 30.7 Å². The summed E-state index contributed by atoms with van der Waals surface area (Å²) in [5.74, 6) is 2.63. The number of amides is 1. The van der Waals surface area contributed by atoms with Crippen molar-refractivity contribution in [3.05, 3.63) is 53.9 Å². The van der Waals surface area contributed by atoms with Crippen molar-refractivity contribution in [1.82, 2.24) is 24.7 Å². The molecule has 9 heteroatoms. The molecule has 3 aliphatic heterocycles. The number of aliphatic hydroxyl groups excluding tert-OH is 1. The van der Waals surface area contributed by atoms with E-state index in [-0.39, 0.29) is 18.7 Å². The maximum atomic E-state index is 13.4. The second-order valence-corrected chi connectivity index (χ2v) is 9.90. The molecule has 1 amide bonds. The lowest BCUT2D eigenvalue weighted by atomic mass is 10.1. The number of benzene rings is 2. The third-order valence-corrected chi connectivity index (χ3v) is 7.57. The molecule has 0 radical (unpaired) electrons. The molecule has 4 heterocycles. The van der Waals surface area contributed by atoms with Gasteiger partial charge in [0.05, 0.1) is 17.1 Å². The second-order valence-electron chi connectivity index (χ2n) is 9.90. The minimum absolute atomic E-state index is 0.151. The molecule has 2 aromatic carbocycles. The largest absolute Gasteiger partial charge is 0.454 e. The van der Waals surface area contributed by atoms with Crippen LogP contribution in [0.4, 0.5) is 0 Å². The van der Waals surface area contributed by atoms with Crippen LogP contribution < -0.4 is 9.47 Å². The third-order valence-electron chi connectivity index (χ3n) is 7.57. The molecule has 9 nitrogen and oxygen atoms in total. The zero-order chi connectivity index (χ0) is 24.5. The lowest BCUT2D eigenvalue weighted by Crippen LogP contribution is -2.54. The first kappa shape index (κ1) is 23.3. The first-order valence-electron chi connectivity index (χ1n) is 12.9. The third kappa shape index (κ3) is 4.78. The molecule has 0 spiro atoms. The van der Waals surface area contributed by atoms with Crippen LogP contribution in [0.2, 0.25) is 0 Å². The number of piperazine rings is 1. The molecule has 2 unspecified atom stereocenters. The van der Waals surface area contributed by atoms with Crippen molar-refractivity contribution < 1.29 is 19.4 Å². The fraction of sp³-hybridized carbons (Fsp3) is 0.481. The number of hydrogen-bond donors (Lipinski definition) is 2. The molecule has 2 atom stereocenters. The van der Waals surface area contributed by atoms with Gasteiger partial charge < -0.3 is 24.5 Å². The van der Waals surface area contributed by atoms with Gasteiger partial charge in [0, 0.05) is 45.7 Å². The van der Waals surface area contributed by atoms with E-state index < -0.39 is 6.23 Å². The number of hydrogen-bond acceptors (Lipinski definition) is 7. The number of carbonyl (C=O) groups excluding carboxylic acids is 1. The number of fused-ring (bicyclic) bond motifs is 2. The van der Waals surface area contributed by atoms with Crippen LogP contribution in [0.3, 0.4) is 0 Å². The number of rotatable bonds is 7. The molecule has 0 bridgehead atoms. The van der Waals surface area contributed by atoms with Crippen LogP contribution >= 0.6 is 0 Å². The molecule has 3 aliphatic rings. The molecule has 2 saturated heterocycles. The van der Waals surface area contributed by atoms with E-state index in [9.17, 15) is 9.90 Å². The summed E-state index contributed by atoms with van der Waals surface area (Å²) in [6, 6.07) is 13.8. The van der Waals surface area contributed by atoms with E-state index in [2.05, 4.69) is 20.9 Å². The highest BCUT2D eigenvalue weighted by atomic mass is 16.7. The number of ether oxygens (including phenoxy) is 2. The summed E-state index contributed by atoms with van der Waals surface area (Å²) >= 11 is 0. The molecular weight excluding hydrogens is 458 g/mol. The number of aryl methyl sites for hydroxylation is 1. The predicted octanol–water partition coefficient (Wildman–Crippen LogP) is 2.35. The van der Waals surface area contributed by atoms with Crippen LogP contribution in [-0.2, 0) is 17.8 Å². The predicted molar refractivity (Wildman–Crippen MR) is 135 cm³/mol. The number of aromatic amines is 1. The summed E-state index contributed by atoms with van der Waals surface area (Å²) < 4.78 is 10.9. The Bertz CT molecular complexity index is 1190. The number of nitrogens with zero attached hydrogens (tertiary/aromatic N) is 4. The van der Waals surface area contributed by atoms with Gasteiger partial charge in [-0.2, -0.15) is 0 Å². The van der Waals surface area contributed by atoms with Crippen LogP contribution in [0.15, 0.2) is 42.5 Å². The monoisotopic (exact) mass is 491 g/mol. The lowest BCUT2D eigenvalue weighted by molar-refractivity contribution is -0.142. The van der Waals surface area contributed by atoms with Crippen molar-refractivity contribution in [3.63, 3.8) is 0 Å². The van der Waals surface area contributed by atoms with Crippen molar-refractivity contribution in [3.8, 4) is 11.5 Å². The Morgan fingerprint density at radius 3 is 2.78 bits per heavy atom. The van der Waals surface area contributed by atoms with Gasteiger partial charge in [-0.25, -0.2) is 4.98 Å². The lowest BCUT2D eigenvalue weighted by Gasteiger charge is -2.38. The van der Waals surface area contributed by atoms with Crippen LogP contribution in [0.25, 0.3) is 11.0 Å². The Labute approximate surface area is 210 Å². The van der Waals surface area contributed by atoms with Gasteiger partial charge in [-0.3, -0.25) is 14.6 Å². The van der Waals surface area contributed by atoms with Gasteiger partial charge in [0.25, 0.3) is 0 Å². The summed E-state index contributed by atoms with van der Waals surface area (Å²) in [5.41, 5.74) is 3.14. The summed E-state index contributed by atoms with van der Waals surface area (Å²) in [4.78, 5) is 27.7. The molecule has 190 valence electrons. The van der Waals surface area contributed by atoms with Gasteiger partial charge in [-0.1, -0.05) is 18.2 Å². The quantitative estimate of drug-likeness (QED) is 0.524. The number of aliphatic hydroxyl groups is 1. The number of likely N-dealkylation sites (tertiary alicyclic amines) is 1. The van der Waals surface area contributed by atoms with Crippen molar-refractivity contribution >= 4 is 16.9 Å². The van der Waals surface area contributed by atoms with Gasteiger partial charge in [-0.05, 0) is 49.1 Å². The zero-order valence-corrected chi connectivity index (χ0v) is 20.4. The summed E-state index contributed by atoms with van der Waals surface area (Å²) in [5, 5.41) is 11.0. The van der Waals surface area contributed by atoms with E-state index in [4.69, 9.17) is 9.47 Å². The topological polar surface area (TPSA) is 94.2 Å². The highest BCUT2D eigenvalue weighted by Gasteiger charge is 2.37. The maximum Gasteiger partial charge on any atom is 0.240 e. The summed E-state index contributed by atoms with van der Waals surface area (Å²) in [7, 11) is 0. The molecule has 3 aromatic rings. The van der Waals surface area contributed by atoms with Gasteiger partial charge >= 0.3 is 0 Å². The van der Waals surface area contributed by atoms with Gasteiger partial charge in [0.2, 0.25) is 12.7 Å². The molecular formula is C27H33N5O4. The van der Waals surface area contributed by atoms with Crippen molar-refractivity contribution in [2.45, 2.75) is 44.5 Å². The molecule has 0 saturated carbocycles. The molecule has 0 aliphatic carbocycles. The minimum Gasteiger partial charge on any atom is -0.454 e. The fourth-order valence-corrected chi connectivity index (χ4v) is 5.60. The molecule has 2 fully saturated rings. The average molecular weight is 492 g/mol. The van der Waals surface area contributed by atoms with Crippen LogP contribution in [0, 0.1) is 0 Å². The van der Waals surface area contributed by atoms with Crippen molar-refractivity contribution in [1.29, 1.82) is 0 Å². The zero-order valence-electron chi connectivity index (χ0n) is 20.4. The number of para-hydroxylation sites is 2. The Morgan fingerprint density at radius 1 is 1.08 bits per heavy atom. The van der Waals surface area contributed by atoms with Crippen molar-refractivity contribution in [2.24, 2.45) is 0 Å². The van der Waals surface area contributed by atoms with Gasteiger partial charge in [0.1, 0.15) is 12.1 Å². The second kappa shape index (κ2) is 10.1. The number of aromatic nitrogens is 2. The standard InChI is InChI=1S/C27H33N5O4/c33-26(10-9-25-28-20-4-1-2-5-21(20)29-25)32-11-3-6-22(32)27(34)31-14-12-30(13-15-31)17-19-7-8-23-24(16-19)36-18-35-23/h1-2,4-5,7-8,16,22,26,33H,3,6,9-15,17-18H2,(H,28,29). The maximum absolute atomic E-state index is 13.4. The highest BCUT2D eigenvalue weighted by Crippen LogP contribution is 2.33. The molecule has 2 N–H and O–H groups in total. The van der Waals surface area contributed by atoms with Crippen molar-refractivity contribution in [2.75, 3.05) is 39.5 Å². The van der Waals surface area contributed by atoms with E-state index in [1.54, 1.807) is 0 Å². The number of imidazole rings is 1. The number of H-pyrrole nitrogens is 1. The normalized spacial score (nSPS) is 21.4. The van der Waals surface area contributed by atoms with E-state index in [1.807, 2.05) is 46.2 Å². The van der Waals surface area contributed by atoms with Gasteiger partial charge in [0.15, 0.2) is 11.5 Å². The fourth-order valence-electron chi connectivity index (χ4n) is 5.60. The van der Waals surface area contributed by atoms with Gasteiger partial charge in [-0.15, -0.1) is 0 Å². The van der Waals surface area contributed by atoms with E-state index in [1.165, 1.54) is 5.56 Å². The highest BCUT2D eigenvalue weighted by molar-refractivity contribution is 5.82. The van der Waals surface area contributed by atoms with Crippen LogP contribution in [0.5, 0.6) is 11.5 Å².